The molecule has 2 aliphatic heterocycles. The first-order chi connectivity index (χ1) is 15.4. The molecule has 2 aromatic heterocycles. The third-order valence-corrected chi connectivity index (χ3v) is 7.45. The van der Waals surface area contributed by atoms with Crippen molar-refractivity contribution >= 4 is 12.0 Å². The number of benzene rings is 1. The van der Waals surface area contributed by atoms with Crippen molar-refractivity contribution in [1.82, 2.24) is 20.1 Å². The summed E-state index contributed by atoms with van der Waals surface area (Å²) >= 11 is 0. The number of nitrogens with zero attached hydrogens (tertiary/aromatic N) is 5. The van der Waals surface area contributed by atoms with Gasteiger partial charge in [0.1, 0.15) is 0 Å². The van der Waals surface area contributed by atoms with Crippen molar-refractivity contribution < 1.29 is 9.63 Å². The van der Waals surface area contributed by atoms with Gasteiger partial charge in [0.15, 0.2) is 5.82 Å². The highest BCUT2D eigenvalue weighted by molar-refractivity contribution is 5.62. The maximum absolute atomic E-state index is 10.1. The Morgan fingerprint density at radius 2 is 1.69 bits per heavy atom. The van der Waals surface area contributed by atoms with Gasteiger partial charge in [-0.25, -0.2) is 9.97 Å². The van der Waals surface area contributed by atoms with Gasteiger partial charge < -0.3 is 20.3 Å². The Balaban J connectivity index is 1.45. The average molecular weight is 435 g/mol. The molecular weight excluding hydrogens is 404 g/mol. The molecule has 2 saturated heterocycles. The lowest BCUT2D eigenvalue weighted by atomic mass is 9.72. The lowest BCUT2D eigenvalue weighted by Gasteiger charge is -2.35. The van der Waals surface area contributed by atoms with E-state index in [0.29, 0.717) is 11.8 Å². The Bertz CT molecular complexity index is 1070. The highest BCUT2D eigenvalue weighted by Gasteiger charge is 2.44. The summed E-state index contributed by atoms with van der Waals surface area (Å²) in [7, 11) is 0. The van der Waals surface area contributed by atoms with Crippen LogP contribution in [0.15, 0.2) is 41.2 Å². The molecule has 4 heterocycles. The monoisotopic (exact) mass is 434 g/mol. The molecule has 0 aliphatic carbocycles. The summed E-state index contributed by atoms with van der Waals surface area (Å²) in [6, 6.07) is 9.51. The summed E-state index contributed by atoms with van der Waals surface area (Å²) in [6.45, 7) is 6.53. The van der Waals surface area contributed by atoms with Crippen LogP contribution in [-0.2, 0) is 5.41 Å². The molecule has 3 atom stereocenters. The van der Waals surface area contributed by atoms with Crippen molar-refractivity contribution in [3.8, 4) is 11.1 Å². The van der Waals surface area contributed by atoms with Crippen LogP contribution in [0.25, 0.3) is 11.1 Å². The molecule has 2 fully saturated rings. The average Bonchev–Trinajstić information content (AvgIpc) is 3.36. The predicted molar refractivity (Wildman–Crippen MR) is 122 cm³/mol. The second-order valence-corrected chi connectivity index (χ2v) is 9.58. The summed E-state index contributed by atoms with van der Waals surface area (Å²) in [5, 5.41) is 14.6. The van der Waals surface area contributed by atoms with Crippen LogP contribution in [0, 0.1) is 5.92 Å². The van der Waals surface area contributed by atoms with Crippen LogP contribution in [0.1, 0.15) is 57.8 Å². The fourth-order valence-corrected chi connectivity index (χ4v) is 5.21. The van der Waals surface area contributed by atoms with Crippen LogP contribution in [0.4, 0.5) is 12.0 Å². The molecule has 32 heavy (non-hydrogen) atoms. The van der Waals surface area contributed by atoms with Gasteiger partial charge in [0.05, 0.1) is 11.5 Å². The number of anilines is 2. The maximum Gasteiger partial charge on any atom is 0.324 e. The first-order valence-electron chi connectivity index (χ1n) is 11.3. The zero-order valence-corrected chi connectivity index (χ0v) is 18.8. The van der Waals surface area contributed by atoms with E-state index < -0.39 is 5.41 Å². The molecular formula is C24H30N6O2. The third-order valence-electron chi connectivity index (χ3n) is 7.45. The fourth-order valence-electron chi connectivity index (χ4n) is 5.21. The summed E-state index contributed by atoms with van der Waals surface area (Å²) in [5.74, 6) is 1.21. The van der Waals surface area contributed by atoms with Crippen LogP contribution in [0.5, 0.6) is 0 Å². The van der Waals surface area contributed by atoms with E-state index in [4.69, 9.17) is 15.2 Å². The van der Waals surface area contributed by atoms with Gasteiger partial charge >= 0.3 is 6.01 Å². The Kier molecular flexibility index (Phi) is 5.12. The Labute approximate surface area is 187 Å². The summed E-state index contributed by atoms with van der Waals surface area (Å²) in [5.41, 5.74) is 8.26. The molecule has 8 nitrogen and oxygen atoms in total. The minimum absolute atomic E-state index is 0.225. The van der Waals surface area contributed by atoms with Crippen LogP contribution >= 0.6 is 0 Å². The van der Waals surface area contributed by atoms with E-state index in [1.54, 1.807) is 12.4 Å². The number of aromatic nitrogens is 4. The van der Waals surface area contributed by atoms with Crippen LogP contribution in [0.3, 0.4) is 0 Å². The number of piperidine rings is 1. The van der Waals surface area contributed by atoms with Gasteiger partial charge in [0.25, 0.3) is 0 Å². The quantitative estimate of drug-likeness (QED) is 0.626. The number of rotatable bonds is 5. The van der Waals surface area contributed by atoms with Gasteiger partial charge in [-0.15, -0.1) is 0 Å². The molecule has 1 aromatic carbocycles. The predicted octanol–water partition coefficient (Wildman–Crippen LogP) is 3.56. The number of nitrogens with two attached hydrogens (primary N) is 1. The van der Waals surface area contributed by atoms with Gasteiger partial charge in [0.2, 0.25) is 5.95 Å². The second-order valence-electron chi connectivity index (χ2n) is 9.58. The van der Waals surface area contributed by atoms with E-state index in [1.807, 2.05) is 0 Å². The number of nitrogen functional groups attached to an aromatic ring is 1. The first kappa shape index (κ1) is 20.9. The highest BCUT2D eigenvalue weighted by atomic mass is 16.5. The van der Waals surface area contributed by atoms with Gasteiger partial charge in [0, 0.05) is 30.0 Å². The van der Waals surface area contributed by atoms with E-state index >= 15 is 0 Å². The molecule has 0 radical (unpaired) electrons. The largest absolute Gasteiger partial charge is 0.393 e. The van der Waals surface area contributed by atoms with Crippen LogP contribution in [0.2, 0.25) is 0 Å². The molecule has 168 valence electrons. The zero-order chi connectivity index (χ0) is 22.5. The number of hydrogen-bond acceptors (Lipinski definition) is 8. The number of aliphatic hydroxyl groups excluding tert-OH is 1. The fraction of sp³-hybridized carbons (Fsp3) is 0.500. The van der Waals surface area contributed by atoms with Crippen molar-refractivity contribution in [3.05, 3.63) is 48.0 Å². The molecule has 2 bridgehead atoms. The molecule has 5 rings (SSSR count). The van der Waals surface area contributed by atoms with Crippen molar-refractivity contribution in [2.75, 3.05) is 10.6 Å². The number of hydrogen-bond donors (Lipinski definition) is 2. The van der Waals surface area contributed by atoms with E-state index in [9.17, 15) is 5.11 Å². The highest BCUT2D eigenvalue weighted by Crippen LogP contribution is 2.42. The van der Waals surface area contributed by atoms with Gasteiger partial charge in [-0.1, -0.05) is 43.3 Å². The summed E-state index contributed by atoms with van der Waals surface area (Å²) in [4.78, 5) is 15.3. The smallest absolute Gasteiger partial charge is 0.324 e. The summed E-state index contributed by atoms with van der Waals surface area (Å²) in [6.07, 6.45) is 6.91. The lowest BCUT2D eigenvalue weighted by Crippen LogP contribution is -2.45. The van der Waals surface area contributed by atoms with E-state index in [1.165, 1.54) is 0 Å². The number of fused-ring (bicyclic) bond motifs is 2. The first-order valence-corrected chi connectivity index (χ1v) is 11.3. The van der Waals surface area contributed by atoms with Crippen molar-refractivity contribution in [2.45, 2.75) is 70.1 Å². The number of aliphatic hydroxyl groups is 1. The molecule has 0 spiro atoms. The van der Waals surface area contributed by atoms with Crippen molar-refractivity contribution in [3.63, 3.8) is 0 Å². The van der Waals surface area contributed by atoms with Gasteiger partial charge in [-0.2, -0.15) is 4.98 Å². The SMILES string of the molecule is CC(C)C(C)(c1ccc(-c2cnc(N)nc2)cc1)c1noc(N2C3CCC2CC(O)C3)n1. The Morgan fingerprint density at radius 1 is 1.06 bits per heavy atom. The van der Waals surface area contributed by atoms with Gasteiger partial charge in [-0.05, 0) is 49.7 Å². The maximum atomic E-state index is 10.1. The molecule has 3 aromatic rings. The Hall–Kier alpha value is -3.00. The zero-order valence-electron chi connectivity index (χ0n) is 18.8. The lowest BCUT2D eigenvalue weighted by molar-refractivity contribution is 0.123. The molecule has 8 heteroatoms. The molecule has 3 unspecified atom stereocenters. The minimum atomic E-state index is -0.410. The molecule has 3 N–H and O–H groups in total. The standard InChI is InChI=1S/C24H30N6O2/c1-14(2)24(3,17-6-4-15(5-7-17)16-12-26-22(25)27-13-16)21-28-23(32-29-21)30-18-8-9-19(30)11-20(31)10-18/h4-7,12-14,18-20,31H,8-11H2,1-3H3,(H2,25,26,27). The second kappa shape index (κ2) is 7.85. The molecule has 0 amide bonds. The van der Waals surface area contributed by atoms with Crippen molar-refractivity contribution in [1.29, 1.82) is 0 Å². The molecule has 2 aliphatic rings. The summed E-state index contributed by atoms with van der Waals surface area (Å²) < 4.78 is 5.80. The Morgan fingerprint density at radius 3 is 2.28 bits per heavy atom. The molecule has 0 saturated carbocycles. The topological polar surface area (TPSA) is 114 Å². The van der Waals surface area contributed by atoms with E-state index in [2.05, 4.69) is 65.1 Å². The van der Waals surface area contributed by atoms with E-state index in [0.717, 1.165) is 42.4 Å². The van der Waals surface area contributed by atoms with E-state index in [-0.39, 0.29) is 30.1 Å². The third kappa shape index (κ3) is 3.43. The minimum Gasteiger partial charge on any atom is -0.393 e. The van der Waals surface area contributed by atoms with Crippen molar-refractivity contribution in [2.24, 2.45) is 5.92 Å². The van der Waals surface area contributed by atoms with Gasteiger partial charge in [-0.3, -0.25) is 0 Å². The normalized spacial score (nSPS) is 24.7. The van der Waals surface area contributed by atoms with Crippen LogP contribution in [-0.4, -0.2) is 43.4 Å². The van der Waals surface area contributed by atoms with Crippen LogP contribution < -0.4 is 10.6 Å².